The lowest BCUT2D eigenvalue weighted by molar-refractivity contribution is 0.00578. The molecule has 0 unspecified atom stereocenters. The average molecular weight is 459 g/mol. The van der Waals surface area contributed by atoms with Gasteiger partial charge in [-0.3, -0.25) is 0 Å². The zero-order chi connectivity index (χ0) is 23.9. The predicted octanol–water partition coefficient (Wildman–Crippen LogP) is 6.98. The van der Waals surface area contributed by atoms with E-state index in [1.807, 2.05) is 18.2 Å². The van der Waals surface area contributed by atoms with E-state index in [0.29, 0.717) is 0 Å². The van der Waals surface area contributed by atoms with E-state index in [-0.39, 0.29) is 0 Å². The normalized spacial score (nSPS) is 17.3. The Morgan fingerprint density at radius 1 is 0.657 bits per heavy atom. The third-order valence-corrected chi connectivity index (χ3v) is 7.84. The summed E-state index contributed by atoms with van der Waals surface area (Å²) in [6.07, 6.45) is 0. The first-order chi connectivity index (χ1) is 16.8. The number of aromatic nitrogens is 1. The van der Waals surface area contributed by atoms with Gasteiger partial charge in [0, 0.05) is 21.8 Å². The molecule has 0 N–H and O–H groups in total. The lowest BCUT2D eigenvalue weighted by atomic mass is 9.78. The molecule has 0 spiro atoms. The first-order valence-electron chi connectivity index (χ1n) is 12.1. The number of rotatable bonds is 2. The van der Waals surface area contributed by atoms with Gasteiger partial charge in [0.25, 0.3) is 0 Å². The van der Waals surface area contributed by atoms with Crippen molar-refractivity contribution in [3.63, 3.8) is 0 Å². The molecule has 1 saturated heterocycles. The minimum Gasteiger partial charge on any atom is -0.455 e. The smallest absolute Gasteiger partial charge is 0.455 e. The largest absolute Gasteiger partial charge is 0.494 e. The summed E-state index contributed by atoms with van der Waals surface area (Å²) < 4.78 is 21.6. The van der Waals surface area contributed by atoms with Crippen molar-refractivity contribution in [2.24, 2.45) is 0 Å². The zero-order valence-corrected chi connectivity index (χ0v) is 20.3. The first-order valence-corrected chi connectivity index (χ1v) is 12.1. The molecule has 1 aliphatic rings. The van der Waals surface area contributed by atoms with E-state index in [4.69, 9.17) is 13.7 Å². The van der Waals surface area contributed by atoms with Crippen LogP contribution in [-0.2, 0) is 9.31 Å². The van der Waals surface area contributed by atoms with Gasteiger partial charge in [0.1, 0.15) is 11.2 Å². The third-order valence-electron chi connectivity index (χ3n) is 7.84. The number of fused-ring (bicyclic) bond motifs is 7. The van der Waals surface area contributed by atoms with Crippen LogP contribution in [0, 0.1) is 0 Å². The fraction of sp³-hybridized carbons (Fsp3) is 0.200. The number of hydrogen-bond acceptors (Lipinski definition) is 3. The van der Waals surface area contributed by atoms with Crippen molar-refractivity contribution in [3.05, 3.63) is 84.9 Å². The van der Waals surface area contributed by atoms with Gasteiger partial charge in [0.05, 0.1) is 27.6 Å². The van der Waals surface area contributed by atoms with Crippen LogP contribution in [-0.4, -0.2) is 22.9 Å². The summed E-state index contributed by atoms with van der Waals surface area (Å²) in [5.74, 6) is 0. The molecule has 35 heavy (non-hydrogen) atoms. The molecule has 1 fully saturated rings. The van der Waals surface area contributed by atoms with Crippen molar-refractivity contribution in [2.45, 2.75) is 38.9 Å². The molecule has 0 atom stereocenters. The molecule has 7 rings (SSSR count). The SMILES string of the molecule is CC1(C)OB(c2ccc3c(c2)c2c4oc5ccccc5c4ccc2n3-c2ccccc2)OC1(C)C. The molecule has 2 aromatic heterocycles. The van der Waals surface area contributed by atoms with Crippen LogP contribution >= 0.6 is 0 Å². The quantitative estimate of drug-likeness (QED) is 0.262. The van der Waals surface area contributed by atoms with E-state index >= 15 is 0 Å². The van der Waals surface area contributed by atoms with Crippen LogP contribution < -0.4 is 5.46 Å². The van der Waals surface area contributed by atoms with Gasteiger partial charge in [0.15, 0.2) is 0 Å². The topological polar surface area (TPSA) is 36.5 Å². The van der Waals surface area contributed by atoms with Crippen LogP contribution in [0.1, 0.15) is 27.7 Å². The Kier molecular flexibility index (Phi) is 4.16. The van der Waals surface area contributed by atoms with E-state index in [2.05, 4.69) is 99.0 Å². The van der Waals surface area contributed by atoms with Gasteiger partial charge in [0.2, 0.25) is 0 Å². The summed E-state index contributed by atoms with van der Waals surface area (Å²) in [5, 5.41) is 4.49. The van der Waals surface area contributed by atoms with Crippen LogP contribution in [0.4, 0.5) is 0 Å². The second-order valence-electron chi connectivity index (χ2n) is 10.5. The van der Waals surface area contributed by atoms with Gasteiger partial charge in [-0.05, 0) is 69.6 Å². The van der Waals surface area contributed by atoms with E-state index in [0.717, 1.165) is 54.9 Å². The molecule has 1 aliphatic heterocycles. The summed E-state index contributed by atoms with van der Waals surface area (Å²) in [6.45, 7) is 8.35. The Hall–Kier alpha value is -3.54. The van der Waals surface area contributed by atoms with Crippen molar-refractivity contribution < 1.29 is 13.7 Å². The Balaban J connectivity index is 1.56. The van der Waals surface area contributed by atoms with Crippen LogP contribution in [0.3, 0.4) is 0 Å². The highest BCUT2D eigenvalue weighted by molar-refractivity contribution is 6.62. The molecular formula is C30H26BNO3. The fourth-order valence-electron chi connectivity index (χ4n) is 5.28. The molecule has 0 radical (unpaired) electrons. The second kappa shape index (κ2) is 7.00. The van der Waals surface area contributed by atoms with Crippen LogP contribution in [0.15, 0.2) is 89.3 Å². The van der Waals surface area contributed by atoms with Crippen LogP contribution in [0.25, 0.3) is 49.4 Å². The number of benzene rings is 4. The van der Waals surface area contributed by atoms with Gasteiger partial charge < -0.3 is 18.3 Å². The fourth-order valence-corrected chi connectivity index (χ4v) is 5.28. The van der Waals surface area contributed by atoms with Crippen molar-refractivity contribution in [3.8, 4) is 5.69 Å². The molecule has 3 heterocycles. The van der Waals surface area contributed by atoms with E-state index in [9.17, 15) is 0 Å². The summed E-state index contributed by atoms with van der Waals surface area (Å²) in [4.78, 5) is 0. The molecule has 6 aromatic rings. The molecule has 5 heteroatoms. The summed E-state index contributed by atoms with van der Waals surface area (Å²) >= 11 is 0. The maximum absolute atomic E-state index is 6.48. The lowest BCUT2D eigenvalue weighted by Gasteiger charge is -2.32. The van der Waals surface area contributed by atoms with E-state index in [1.54, 1.807) is 0 Å². The number of nitrogens with zero attached hydrogens (tertiary/aromatic N) is 1. The Morgan fingerprint density at radius 3 is 2.11 bits per heavy atom. The standard InChI is InChI=1S/C30H26BNO3/c1-29(2)30(3,4)35-31(34-29)19-14-16-24-23(18-19)27-25(32(24)20-10-6-5-7-11-20)17-15-22-21-12-8-9-13-26(21)33-28(22)27/h5-18H,1-4H3. The summed E-state index contributed by atoms with van der Waals surface area (Å²) in [6, 6.07) is 29.6. The number of para-hydroxylation sites is 2. The zero-order valence-electron chi connectivity index (χ0n) is 20.3. The Bertz CT molecular complexity index is 1740. The highest BCUT2D eigenvalue weighted by Crippen LogP contribution is 2.41. The molecule has 172 valence electrons. The number of furan rings is 1. The van der Waals surface area contributed by atoms with E-state index in [1.165, 1.54) is 0 Å². The molecule has 4 nitrogen and oxygen atoms in total. The van der Waals surface area contributed by atoms with Crippen molar-refractivity contribution in [2.75, 3.05) is 0 Å². The Labute approximate surface area is 204 Å². The van der Waals surface area contributed by atoms with Gasteiger partial charge in [-0.25, -0.2) is 0 Å². The van der Waals surface area contributed by atoms with E-state index < -0.39 is 18.3 Å². The molecule has 0 saturated carbocycles. The summed E-state index contributed by atoms with van der Waals surface area (Å²) in [7, 11) is -0.422. The first kappa shape index (κ1) is 20.8. The predicted molar refractivity (Wildman–Crippen MR) is 144 cm³/mol. The van der Waals surface area contributed by atoms with Crippen molar-refractivity contribution in [1.82, 2.24) is 4.57 Å². The highest BCUT2D eigenvalue weighted by Gasteiger charge is 2.51. The Morgan fingerprint density at radius 2 is 1.34 bits per heavy atom. The highest BCUT2D eigenvalue weighted by atomic mass is 16.7. The average Bonchev–Trinajstić information content (AvgIpc) is 3.45. The van der Waals surface area contributed by atoms with Gasteiger partial charge in [-0.1, -0.05) is 48.5 Å². The molecule has 0 aliphatic carbocycles. The van der Waals surface area contributed by atoms with Crippen LogP contribution in [0.5, 0.6) is 0 Å². The second-order valence-corrected chi connectivity index (χ2v) is 10.5. The van der Waals surface area contributed by atoms with Crippen molar-refractivity contribution >= 4 is 56.3 Å². The number of hydrogen-bond donors (Lipinski definition) is 0. The maximum Gasteiger partial charge on any atom is 0.494 e. The minimum atomic E-state index is -0.422. The van der Waals surface area contributed by atoms with Crippen molar-refractivity contribution in [1.29, 1.82) is 0 Å². The lowest BCUT2D eigenvalue weighted by Crippen LogP contribution is -2.41. The molecule has 0 amide bonds. The maximum atomic E-state index is 6.48. The summed E-state index contributed by atoms with van der Waals surface area (Å²) in [5.41, 5.74) is 5.39. The van der Waals surface area contributed by atoms with Gasteiger partial charge in [-0.2, -0.15) is 0 Å². The monoisotopic (exact) mass is 459 g/mol. The third kappa shape index (κ3) is 2.89. The van der Waals surface area contributed by atoms with Gasteiger partial charge in [-0.15, -0.1) is 0 Å². The molecule has 0 bridgehead atoms. The molecular weight excluding hydrogens is 433 g/mol. The van der Waals surface area contributed by atoms with Gasteiger partial charge >= 0.3 is 7.12 Å². The van der Waals surface area contributed by atoms with Crippen LogP contribution in [0.2, 0.25) is 0 Å². The molecule has 4 aromatic carbocycles. The minimum absolute atomic E-state index is 0.392.